The Bertz CT molecular complexity index is 738. The van der Waals surface area contributed by atoms with Crippen molar-refractivity contribution in [3.05, 3.63) is 47.5 Å². The van der Waals surface area contributed by atoms with Crippen molar-refractivity contribution < 1.29 is 0 Å². The minimum Gasteiger partial charge on any atom is -0.314 e. The van der Waals surface area contributed by atoms with Gasteiger partial charge in [0, 0.05) is 18.5 Å². The van der Waals surface area contributed by atoms with Crippen molar-refractivity contribution in [2.45, 2.75) is 51.1 Å². The Kier molecular flexibility index (Phi) is 4.62. The summed E-state index contributed by atoms with van der Waals surface area (Å²) >= 11 is 0. The summed E-state index contributed by atoms with van der Waals surface area (Å²) in [4.78, 5) is 2.47. The van der Waals surface area contributed by atoms with Gasteiger partial charge in [0.1, 0.15) is 11.6 Å². The second kappa shape index (κ2) is 7.19. The van der Waals surface area contributed by atoms with E-state index in [4.69, 9.17) is 0 Å². The van der Waals surface area contributed by atoms with Crippen LogP contribution >= 0.6 is 0 Å². The largest absolute Gasteiger partial charge is 0.314 e. The SMILES string of the molecule is C(#Cc1ccccc1)CN1CCCC1c1nnc2n1CCCCC2. The summed E-state index contributed by atoms with van der Waals surface area (Å²) in [5.74, 6) is 8.98. The zero-order valence-electron chi connectivity index (χ0n) is 14.1. The van der Waals surface area contributed by atoms with Gasteiger partial charge < -0.3 is 4.57 Å². The Balaban J connectivity index is 1.49. The monoisotopic (exact) mass is 320 g/mol. The van der Waals surface area contributed by atoms with E-state index in [0.717, 1.165) is 31.6 Å². The van der Waals surface area contributed by atoms with Gasteiger partial charge in [0.05, 0.1) is 12.6 Å². The van der Waals surface area contributed by atoms with Gasteiger partial charge in [-0.2, -0.15) is 0 Å². The Morgan fingerprint density at radius 1 is 1.00 bits per heavy atom. The molecule has 0 bridgehead atoms. The lowest BCUT2D eigenvalue weighted by atomic mass is 10.2. The van der Waals surface area contributed by atoms with E-state index in [1.807, 2.05) is 18.2 Å². The lowest BCUT2D eigenvalue weighted by Crippen LogP contribution is -2.26. The van der Waals surface area contributed by atoms with Crippen molar-refractivity contribution in [3.63, 3.8) is 0 Å². The van der Waals surface area contributed by atoms with Crippen molar-refractivity contribution in [3.8, 4) is 11.8 Å². The molecule has 1 atom stereocenters. The predicted octanol–water partition coefficient (Wildman–Crippen LogP) is 3.19. The molecule has 1 unspecified atom stereocenters. The van der Waals surface area contributed by atoms with Crippen LogP contribution in [-0.2, 0) is 13.0 Å². The number of fused-ring (bicyclic) bond motifs is 1. The smallest absolute Gasteiger partial charge is 0.150 e. The molecule has 2 aliphatic heterocycles. The molecule has 4 nitrogen and oxygen atoms in total. The fraction of sp³-hybridized carbons (Fsp3) is 0.500. The highest BCUT2D eigenvalue weighted by Crippen LogP contribution is 2.31. The summed E-state index contributed by atoms with van der Waals surface area (Å²) in [5.41, 5.74) is 1.09. The molecule has 0 N–H and O–H groups in total. The number of rotatable bonds is 2. The Morgan fingerprint density at radius 3 is 2.83 bits per heavy atom. The summed E-state index contributed by atoms with van der Waals surface area (Å²) in [6.45, 7) is 3.00. The molecule has 0 radical (unpaired) electrons. The number of likely N-dealkylation sites (tertiary alicyclic amines) is 1. The number of aryl methyl sites for hydroxylation is 1. The highest BCUT2D eigenvalue weighted by Gasteiger charge is 2.30. The van der Waals surface area contributed by atoms with Gasteiger partial charge in [-0.1, -0.05) is 36.5 Å². The lowest BCUT2D eigenvalue weighted by Gasteiger charge is -2.22. The van der Waals surface area contributed by atoms with Crippen LogP contribution in [-0.4, -0.2) is 32.8 Å². The van der Waals surface area contributed by atoms with E-state index in [1.165, 1.54) is 43.8 Å². The number of hydrogen-bond donors (Lipinski definition) is 0. The maximum Gasteiger partial charge on any atom is 0.150 e. The topological polar surface area (TPSA) is 34.0 Å². The zero-order chi connectivity index (χ0) is 16.2. The first-order valence-corrected chi connectivity index (χ1v) is 9.12. The third-order valence-corrected chi connectivity index (χ3v) is 5.09. The van der Waals surface area contributed by atoms with Crippen LogP contribution in [0.4, 0.5) is 0 Å². The standard InChI is InChI=1S/C20H24N4/c1-3-9-17(10-4-1)11-7-14-23-15-8-12-18(23)20-22-21-19-13-5-2-6-16-24(19)20/h1,3-4,9-10,18H,2,5-6,8,12-16H2. The number of benzene rings is 1. The van der Waals surface area contributed by atoms with Crippen molar-refractivity contribution in [2.75, 3.05) is 13.1 Å². The molecule has 4 heteroatoms. The molecule has 0 spiro atoms. The van der Waals surface area contributed by atoms with Crippen LogP contribution in [0.1, 0.15) is 55.4 Å². The Morgan fingerprint density at radius 2 is 1.92 bits per heavy atom. The van der Waals surface area contributed by atoms with Gasteiger partial charge in [-0.25, -0.2) is 0 Å². The molecule has 2 aromatic rings. The molecule has 24 heavy (non-hydrogen) atoms. The van der Waals surface area contributed by atoms with Crippen LogP contribution in [0.25, 0.3) is 0 Å². The van der Waals surface area contributed by atoms with E-state index in [1.54, 1.807) is 0 Å². The van der Waals surface area contributed by atoms with Crippen molar-refractivity contribution in [1.29, 1.82) is 0 Å². The number of hydrogen-bond acceptors (Lipinski definition) is 3. The first kappa shape index (κ1) is 15.4. The number of nitrogens with zero attached hydrogens (tertiary/aromatic N) is 4. The van der Waals surface area contributed by atoms with Crippen LogP contribution < -0.4 is 0 Å². The summed E-state index contributed by atoms with van der Waals surface area (Å²) in [7, 11) is 0. The van der Waals surface area contributed by atoms with Gasteiger partial charge in [-0.15, -0.1) is 10.2 Å². The van der Waals surface area contributed by atoms with Crippen molar-refractivity contribution in [2.24, 2.45) is 0 Å². The summed E-state index contributed by atoms with van der Waals surface area (Å²) in [6, 6.07) is 10.6. The van der Waals surface area contributed by atoms with Gasteiger partial charge >= 0.3 is 0 Å². The molecular formula is C20H24N4. The van der Waals surface area contributed by atoms with Crippen molar-refractivity contribution in [1.82, 2.24) is 19.7 Å². The van der Waals surface area contributed by atoms with Crippen LogP contribution in [0.5, 0.6) is 0 Å². The molecule has 3 heterocycles. The van der Waals surface area contributed by atoms with E-state index in [9.17, 15) is 0 Å². The zero-order valence-corrected chi connectivity index (χ0v) is 14.1. The molecule has 0 aliphatic carbocycles. The van der Waals surface area contributed by atoms with Gasteiger partial charge in [-0.3, -0.25) is 4.90 Å². The van der Waals surface area contributed by atoms with Gasteiger partial charge in [0.15, 0.2) is 0 Å². The van der Waals surface area contributed by atoms with Crippen LogP contribution in [0.3, 0.4) is 0 Å². The molecule has 0 saturated carbocycles. The third-order valence-electron chi connectivity index (χ3n) is 5.09. The van der Waals surface area contributed by atoms with E-state index < -0.39 is 0 Å². The van der Waals surface area contributed by atoms with Gasteiger partial charge in [0.2, 0.25) is 0 Å². The van der Waals surface area contributed by atoms with Gasteiger partial charge in [-0.05, 0) is 44.4 Å². The maximum absolute atomic E-state index is 4.56. The molecule has 2 aliphatic rings. The predicted molar refractivity (Wildman–Crippen MR) is 94.4 cm³/mol. The molecule has 1 aromatic heterocycles. The quantitative estimate of drug-likeness (QED) is 0.797. The molecule has 1 saturated heterocycles. The fourth-order valence-corrected chi connectivity index (χ4v) is 3.83. The van der Waals surface area contributed by atoms with Crippen LogP contribution in [0, 0.1) is 11.8 Å². The first-order chi connectivity index (χ1) is 11.9. The molecule has 0 amide bonds. The first-order valence-electron chi connectivity index (χ1n) is 9.12. The summed E-state index contributed by atoms with van der Waals surface area (Å²) < 4.78 is 2.39. The lowest BCUT2D eigenvalue weighted by molar-refractivity contribution is 0.272. The van der Waals surface area contributed by atoms with Crippen molar-refractivity contribution >= 4 is 0 Å². The van der Waals surface area contributed by atoms with E-state index >= 15 is 0 Å². The minimum atomic E-state index is 0.384. The Hall–Kier alpha value is -2.12. The average Bonchev–Trinajstić information content (AvgIpc) is 3.16. The molecule has 4 rings (SSSR count). The van der Waals surface area contributed by atoms with E-state index in [2.05, 4.69) is 43.6 Å². The summed E-state index contributed by atoms with van der Waals surface area (Å²) in [6.07, 6.45) is 7.27. The maximum atomic E-state index is 4.56. The normalized spacial score (nSPS) is 20.9. The fourth-order valence-electron chi connectivity index (χ4n) is 3.83. The third kappa shape index (κ3) is 3.22. The molecular weight excluding hydrogens is 296 g/mol. The molecule has 1 aromatic carbocycles. The van der Waals surface area contributed by atoms with E-state index in [0.29, 0.717) is 6.04 Å². The second-order valence-corrected chi connectivity index (χ2v) is 6.73. The second-order valence-electron chi connectivity index (χ2n) is 6.73. The highest BCUT2D eigenvalue weighted by atomic mass is 15.3. The van der Waals surface area contributed by atoms with Gasteiger partial charge in [0.25, 0.3) is 0 Å². The molecule has 1 fully saturated rings. The Labute approximate surface area is 143 Å². The van der Waals surface area contributed by atoms with Crippen LogP contribution in [0.2, 0.25) is 0 Å². The van der Waals surface area contributed by atoms with E-state index in [-0.39, 0.29) is 0 Å². The summed E-state index contributed by atoms with van der Waals surface area (Å²) in [5, 5.41) is 9.03. The molecule has 124 valence electrons. The highest BCUT2D eigenvalue weighted by molar-refractivity contribution is 5.33. The average molecular weight is 320 g/mol. The number of aromatic nitrogens is 3. The van der Waals surface area contributed by atoms with Crippen LogP contribution in [0.15, 0.2) is 30.3 Å². The minimum absolute atomic E-state index is 0.384.